The fraction of sp³-hybridized carbons (Fsp3) is 0.441. The summed E-state index contributed by atoms with van der Waals surface area (Å²) in [6.45, 7) is 0.630. The molecule has 0 spiro atoms. The number of rotatable bonds is 12. The Morgan fingerprint density at radius 1 is 0.886 bits per heavy atom. The van der Waals surface area contributed by atoms with Crippen molar-refractivity contribution in [2.75, 3.05) is 6.54 Å². The van der Waals surface area contributed by atoms with Crippen molar-refractivity contribution in [3.05, 3.63) is 71.9 Å². The molecular formula is C34H41N5O5. The topological polar surface area (TPSA) is 138 Å². The molecule has 0 unspecified atom stereocenters. The summed E-state index contributed by atoms with van der Waals surface area (Å²) in [5, 5.41) is 12.0. The number of nitrogens with one attached hydrogen (secondary N) is 4. The molecule has 3 aromatic rings. The molecule has 4 amide bonds. The molecule has 2 aromatic carbocycles. The lowest BCUT2D eigenvalue weighted by Crippen LogP contribution is -2.55. The highest BCUT2D eigenvalue weighted by Gasteiger charge is 2.36. The average molecular weight is 600 g/mol. The first-order valence-corrected chi connectivity index (χ1v) is 15.6. The molecule has 0 bridgehead atoms. The lowest BCUT2D eigenvalue weighted by molar-refractivity contribution is -0.141. The highest BCUT2D eigenvalue weighted by Crippen LogP contribution is 2.28. The number of para-hydroxylation sites is 1. The molecule has 2 heterocycles. The van der Waals surface area contributed by atoms with Gasteiger partial charge in [-0.2, -0.15) is 0 Å². The summed E-state index contributed by atoms with van der Waals surface area (Å²) in [4.78, 5) is 66.3. The standard InChI is InChI=1S/C34H41N5O5/c1-39-28-15-9-8-14-24(28)20-29(39)33(43)38-27(18-22-10-4-2-5-11-22)32(42)37-26(19-25-16-17-35-31(25)41)30(40)34(44)36-21-23-12-6-3-7-13-23/h3,6-9,12-15,20,22,25-27H,2,4-5,10-11,16-19,21H2,1H3,(H,35,41)(H,36,44)(H,37,42)(H,38,43)/t25-,26-,27-/m0/s1. The molecule has 2 fully saturated rings. The Morgan fingerprint density at radius 3 is 2.32 bits per heavy atom. The molecule has 5 rings (SSSR count). The van der Waals surface area contributed by atoms with Gasteiger partial charge in [-0.3, -0.25) is 24.0 Å². The van der Waals surface area contributed by atoms with Crippen molar-refractivity contribution >= 4 is 40.3 Å². The van der Waals surface area contributed by atoms with Crippen molar-refractivity contribution in [2.24, 2.45) is 18.9 Å². The van der Waals surface area contributed by atoms with Gasteiger partial charge in [-0.05, 0) is 42.9 Å². The van der Waals surface area contributed by atoms with Gasteiger partial charge in [0.25, 0.3) is 11.8 Å². The second kappa shape index (κ2) is 14.3. The third kappa shape index (κ3) is 7.53. The van der Waals surface area contributed by atoms with Gasteiger partial charge in [0.05, 0.1) is 6.04 Å². The normalized spacial score (nSPS) is 18.3. The van der Waals surface area contributed by atoms with Gasteiger partial charge in [-0.25, -0.2) is 0 Å². The summed E-state index contributed by atoms with van der Waals surface area (Å²) in [6.07, 6.45) is 6.13. The van der Waals surface area contributed by atoms with Crippen LogP contribution in [0.15, 0.2) is 60.7 Å². The first-order valence-electron chi connectivity index (χ1n) is 15.6. The molecule has 1 saturated carbocycles. The highest BCUT2D eigenvalue weighted by molar-refractivity contribution is 6.38. The summed E-state index contributed by atoms with van der Waals surface area (Å²) in [6, 6.07) is 16.5. The fourth-order valence-corrected chi connectivity index (χ4v) is 6.41. The van der Waals surface area contributed by atoms with Crippen LogP contribution in [0, 0.1) is 11.8 Å². The van der Waals surface area contributed by atoms with Gasteiger partial charge in [0.15, 0.2) is 0 Å². The van der Waals surface area contributed by atoms with Crippen LogP contribution in [-0.2, 0) is 32.8 Å². The Kier molecular flexibility index (Phi) is 10.1. The highest BCUT2D eigenvalue weighted by atomic mass is 16.2. The zero-order chi connectivity index (χ0) is 31.1. The van der Waals surface area contributed by atoms with E-state index in [9.17, 15) is 24.0 Å². The van der Waals surface area contributed by atoms with E-state index < -0.39 is 41.5 Å². The van der Waals surface area contributed by atoms with Crippen LogP contribution in [-0.4, -0.2) is 52.6 Å². The second-order valence-electron chi connectivity index (χ2n) is 12.0. The smallest absolute Gasteiger partial charge is 0.289 e. The number of carbonyl (C=O) groups excluding carboxylic acids is 5. The number of fused-ring (bicyclic) bond motifs is 1. The number of hydrogen-bond acceptors (Lipinski definition) is 5. The number of ketones is 1. The minimum atomic E-state index is -1.21. The number of amides is 4. The Balaban J connectivity index is 1.34. The minimum absolute atomic E-state index is 0.00244. The van der Waals surface area contributed by atoms with Crippen LogP contribution >= 0.6 is 0 Å². The summed E-state index contributed by atoms with van der Waals surface area (Å²) in [5.74, 6) is -3.03. The molecule has 2 aliphatic rings. The average Bonchev–Trinajstić information content (AvgIpc) is 3.61. The second-order valence-corrected chi connectivity index (χ2v) is 12.0. The van der Waals surface area contributed by atoms with Crippen molar-refractivity contribution in [3.63, 3.8) is 0 Å². The number of aromatic nitrogens is 1. The van der Waals surface area contributed by atoms with Gasteiger partial charge in [0.1, 0.15) is 11.7 Å². The maximum atomic E-state index is 13.9. The molecule has 4 N–H and O–H groups in total. The Hall–Kier alpha value is -4.47. The summed E-state index contributed by atoms with van der Waals surface area (Å²) in [7, 11) is 1.81. The van der Waals surface area contributed by atoms with Gasteiger partial charge in [-0.1, -0.05) is 80.6 Å². The predicted molar refractivity (Wildman–Crippen MR) is 166 cm³/mol. The Morgan fingerprint density at radius 2 is 1.61 bits per heavy atom. The lowest BCUT2D eigenvalue weighted by atomic mass is 9.84. The lowest BCUT2D eigenvalue weighted by Gasteiger charge is -2.28. The van der Waals surface area contributed by atoms with Crippen molar-refractivity contribution < 1.29 is 24.0 Å². The van der Waals surface area contributed by atoms with Crippen LogP contribution < -0.4 is 21.3 Å². The van der Waals surface area contributed by atoms with Gasteiger partial charge in [0, 0.05) is 37.0 Å². The van der Waals surface area contributed by atoms with Crippen LogP contribution in [0.5, 0.6) is 0 Å². The molecule has 10 heteroatoms. The van der Waals surface area contributed by atoms with E-state index >= 15 is 0 Å². The van der Waals surface area contributed by atoms with E-state index in [0.29, 0.717) is 25.1 Å². The first kappa shape index (κ1) is 31.0. The van der Waals surface area contributed by atoms with E-state index in [-0.39, 0.29) is 24.8 Å². The number of nitrogens with zero attached hydrogens (tertiary/aromatic N) is 1. The van der Waals surface area contributed by atoms with Crippen molar-refractivity contribution in [1.29, 1.82) is 0 Å². The fourth-order valence-electron chi connectivity index (χ4n) is 6.41. The van der Waals surface area contributed by atoms with E-state index in [1.165, 1.54) is 0 Å². The number of benzene rings is 2. The summed E-state index contributed by atoms with van der Waals surface area (Å²) in [5.41, 5.74) is 2.14. The number of hydrogen-bond donors (Lipinski definition) is 4. The Labute approximate surface area is 257 Å². The quantitative estimate of drug-likeness (QED) is 0.237. The molecule has 232 valence electrons. The molecule has 1 aromatic heterocycles. The molecule has 3 atom stereocenters. The third-order valence-electron chi connectivity index (χ3n) is 8.94. The van der Waals surface area contributed by atoms with E-state index in [2.05, 4.69) is 21.3 Å². The van der Waals surface area contributed by atoms with Crippen LogP contribution in [0.4, 0.5) is 0 Å². The predicted octanol–water partition coefficient (Wildman–Crippen LogP) is 3.14. The zero-order valence-electron chi connectivity index (χ0n) is 25.1. The number of Topliss-reactive ketones (excluding diaryl/α,β-unsaturated/α-hetero) is 1. The van der Waals surface area contributed by atoms with Crippen LogP contribution in [0.2, 0.25) is 0 Å². The van der Waals surface area contributed by atoms with Gasteiger partial charge >= 0.3 is 0 Å². The molecule has 0 radical (unpaired) electrons. The van der Waals surface area contributed by atoms with Crippen molar-refractivity contribution in [1.82, 2.24) is 25.8 Å². The first-order chi connectivity index (χ1) is 21.3. The van der Waals surface area contributed by atoms with Gasteiger partial charge in [-0.15, -0.1) is 0 Å². The maximum absolute atomic E-state index is 13.9. The number of aryl methyl sites for hydroxylation is 1. The number of carbonyl (C=O) groups is 5. The van der Waals surface area contributed by atoms with Gasteiger partial charge in [0.2, 0.25) is 17.6 Å². The monoisotopic (exact) mass is 599 g/mol. The van der Waals surface area contributed by atoms with Crippen molar-refractivity contribution in [2.45, 2.75) is 70.0 Å². The zero-order valence-corrected chi connectivity index (χ0v) is 25.1. The molecule has 1 aliphatic heterocycles. The summed E-state index contributed by atoms with van der Waals surface area (Å²) >= 11 is 0. The third-order valence-corrected chi connectivity index (χ3v) is 8.94. The molecular weight excluding hydrogens is 558 g/mol. The van der Waals surface area contributed by atoms with E-state index in [1.807, 2.05) is 61.6 Å². The molecule has 1 aliphatic carbocycles. The molecule has 10 nitrogen and oxygen atoms in total. The molecule has 44 heavy (non-hydrogen) atoms. The Bertz CT molecular complexity index is 1510. The minimum Gasteiger partial charge on any atom is -0.356 e. The van der Waals surface area contributed by atoms with Crippen LogP contribution in [0.25, 0.3) is 10.9 Å². The summed E-state index contributed by atoms with van der Waals surface area (Å²) < 4.78 is 1.79. The van der Waals surface area contributed by atoms with E-state index in [0.717, 1.165) is 48.6 Å². The van der Waals surface area contributed by atoms with Crippen LogP contribution in [0.1, 0.15) is 67.4 Å². The SMILES string of the molecule is Cn1c(C(=O)N[C@@H](CC2CCCCC2)C(=O)N[C@@H](C[C@@H]2CCNC2=O)C(=O)C(=O)NCc2ccccc2)cc2ccccc21. The maximum Gasteiger partial charge on any atom is 0.289 e. The van der Waals surface area contributed by atoms with E-state index in [1.54, 1.807) is 10.6 Å². The van der Waals surface area contributed by atoms with Crippen LogP contribution in [0.3, 0.4) is 0 Å². The van der Waals surface area contributed by atoms with Gasteiger partial charge < -0.3 is 25.8 Å². The van der Waals surface area contributed by atoms with E-state index in [4.69, 9.17) is 0 Å². The van der Waals surface area contributed by atoms with Crippen molar-refractivity contribution in [3.8, 4) is 0 Å². The molecule has 1 saturated heterocycles. The largest absolute Gasteiger partial charge is 0.356 e.